The summed E-state index contributed by atoms with van der Waals surface area (Å²) in [6.45, 7) is 0. The molecule has 1 atom stereocenters. The molecule has 0 aliphatic carbocycles. The molecule has 3 N–H and O–H groups in total. The molecule has 0 saturated carbocycles. The van der Waals surface area contributed by atoms with Crippen molar-refractivity contribution in [2.24, 2.45) is 5.73 Å². The number of pyridine rings is 1. The van der Waals surface area contributed by atoms with Crippen molar-refractivity contribution in [2.45, 2.75) is 12.5 Å². The first-order valence-corrected chi connectivity index (χ1v) is 3.57. The first-order chi connectivity index (χ1) is 5.70. The van der Waals surface area contributed by atoms with Crippen LogP contribution in [0.3, 0.4) is 0 Å². The van der Waals surface area contributed by atoms with E-state index in [0.29, 0.717) is 0 Å². The number of carboxylic acids is 1. The van der Waals surface area contributed by atoms with Crippen molar-refractivity contribution in [1.82, 2.24) is 4.98 Å². The van der Waals surface area contributed by atoms with Crippen molar-refractivity contribution in [3.8, 4) is 0 Å². The highest BCUT2D eigenvalue weighted by Crippen LogP contribution is 2.11. The number of halogens is 2. The Morgan fingerprint density at radius 3 is 2.36 bits per heavy atom. The first-order valence-electron chi connectivity index (χ1n) is 3.57. The highest BCUT2D eigenvalue weighted by atomic mass is 35.5. The van der Waals surface area contributed by atoms with Crippen LogP contribution >= 0.6 is 24.8 Å². The maximum Gasteiger partial charge on any atom is 0.305 e. The minimum Gasteiger partial charge on any atom is -0.481 e. The lowest BCUT2D eigenvalue weighted by molar-refractivity contribution is -0.137. The summed E-state index contributed by atoms with van der Waals surface area (Å²) in [7, 11) is 0. The van der Waals surface area contributed by atoms with Gasteiger partial charge in [-0.15, -0.1) is 24.8 Å². The van der Waals surface area contributed by atoms with Gasteiger partial charge in [-0.2, -0.15) is 0 Å². The molecule has 0 unspecified atom stereocenters. The molecule has 0 radical (unpaired) electrons. The van der Waals surface area contributed by atoms with Gasteiger partial charge in [-0.05, 0) is 17.7 Å². The number of aromatic nitrogens is 1. The zero-order valence-corrected chi connectivity index (χ0v) is 8.92. The molecule has 1 aromatic heterocycles. The number of carboxylic acid groups (broad SMARTS) is 1. The van der Waals surface area contributed by atoms with Gasteiger partial charge in [0.25, 0.3) is 0 Å². The Morgan fingerprint density at radius 2 is 1.93 bits per heavy atom. The van der Waals surface area contributed by atoms with Gasteiger partial charge in [0.15, 0.2) is 0 Å². The molecule has 0 saturated heterocycles. The summed E-state index contributed by atoms with van der Waals surface area (Å²) in [5, 5.41) is 8.45. The van der Waals surface area contributed by atoms with E-state index in [9.17, 15) is 4.79 Å². The molecule has 80 valence electrons. The number of nitrogens with zero attached hydrogens (tertiary/aromatic N) is 1. The summed E-state index contributed by atoms with van der Waals surface area (Å²) >= 11 is 0. The molecule has 0 fully saturated rings. The van der Waals surface area contributed by atoms with Crippen LogP contribution in [0.5, 0.6) is 0 Å². The molecule has 6 heteroatoms. The number of rotatable bonds is 3. The van der Waals surface area contributed by atoms with Gasteiger partial charge in [-0.1, -0.05) is 0 Å². The average molecular weight is 239 g/mol. The topological polar surface area (TPSA) is 76.2 Å². The van der Waals surface area contributed by atoms with E-state index in [0.717, 1.165) is 5.56 Å². The van der Waals surface area contributed by atoms with Crippen LogP contribution < -0.4 is 5.73 Å². The fraction of sp³-hybridized carbons (Fsp3) is 0.250. The van der Waals surface area contributed by atoms with E-state index in [1.807, 2.05) is 0 Å². The Morgan fingerprint density at radius 1 is 1.43 bits per heavy atom. The molecular weight excluding hydrogens is 227 g/mol. The van der Waals surface area contributed by atoms with Gasteiger partial charge in [-0.25, -0.2) is 0 Å². The van der Waals surface area contributed by atoms with Crippen LogP contribution in [0, 0.1) is 0 Å². The third kappa shape index (κ3) is 5.01. The molecule has 0 bridgehead atoms. The molecule has 1 rings (SSSR count). The number of nitrogens with two attached hydrogens (primary N) is 1. The van der Waals surface area contributed by atoms with Crippen LogP contribution in [0.2, 0.25) is 0 Å². The second-order valence-corrected chi connectivity index (χ2v) is 2.48. The van der Waals surface area contributed by atoms with Crippen molar-refractivity contribution in [3.63, 3.8) is 0 Å². The standard InChI is InChI=1S/C8H10N2O2.2ClH/c9-7(5-8(11)12)6-1-3-10-4-2-6;;/h1-4,7H,5,9H2,(H,11,12);2*1H/t7-;;/m1../s1. The number of carbonyl (C=O) groups is 1. The van der Waals surface area contributed by atoms with Gasteiger partial charge >= 0.3 is 5.97 Å². The van der Waals surface area contributed by atoms with Crippen LogP contribution in [-0.2, 0) is 4.79 Å². The molecule has 0 aliphatic heterocycles. The second kappa shape index (κ2) is 7.55. The SMILES string of the molecule is Cl.Cl.N[C@H](CC(=O)O)c1ccncc1. The summed E-state index contributed by atoms with van der Waals surface area (Å²) in [5.74, 6) is -0.890. The van der Waals surface area contributed by atoms with Gasteiger partial charge in [0.2, 0.25) is 0 Å². The first kappa shape index (κ1) is 15.6. The summed E-state index contributed by atoms with van der Waals surface area (Å²) in [5.41, 5.74) is 6.39. The smallest absolute Gasteiger partial charge is 0.305 e. The molecule has 0 aromatic carbocycles. The minimum absolute atomic E-state index is 0. The largest absolute Gasteiger partial charge is 0.481 e. The molecule has 0 aliphatic rings. The Hall–Kier alpha value is -0.840. The number of hydrogen-bond acceptors (Lipinski definition) is 3. The minimum atomic E-state index is -0.890. The van der Waals surface area contributed by atoms with Crippen LogP contribution in [0.1, 0.15) is 18.0 Å². The molecule has 1 aromatic rings. The van der Waals surface area contributed by atoms with E-state index in [1.165, 1.54) is 0 Å². The molecule has 0 spiro atoms. The Balaban J connectivity index is 0. The highest BCUT2D eigenvalue weighted by Gasteiger charge is 2.09. The summed E-state index contributed by atoms with van der Waals surface area (Å²) in [6.07, 6.45) is 3.14. The van der Waals surface area contributed by atoms with Gasteiger partial charge in [0.1, 0.15) is 0 Å². The zero-order chi connectivity index (χ0) is 8.97. The lowest BCUT2D eigenvalue weighted by atomic mass is 10.1. The zero-order valence-electron chi connectivity index (χ0n) is 7.29. The van der Waals surface area contributed by atoms with Crippen LogP contribution in [0.15, 0.2) is 24.5 Å². The van der Waals surface area contributed by atoms with Gasteiger partial charge in [0.05, 0.1) is 6.42 Å². The predicted octanol–water partition coefficient (Wildman–Crippen LogP) is 1.40. The van der Waals surface area contributed by atoms with Crippen LogP contribution in [-0.4, -0.2) is 16.1 Å². The lowest BCUT2D eigenvalue weighted by Gasteiger charge is -2.07. The van der Waals surface area contributed by atoms with Crippen LogP contribution in [0.25, 0.3) is 0 Å². The second-order valence-electron chi connectivity index (χ2n) is 2.48. The van der Waals surface area contributed by atoms with Gasteiger partial charge < -0.3 is 10.8 Å². The van der Waals surface area contributed by atoms with Crippen molar-refractivity contribution in [1.29, 1.82) is 0 Å². The lowest BCUT2D eigenvalue weighted by Crippen LogP contribution is -2.14. The fourth-order valence-electron chi connectivity index (χ4n) is 0.917. The summed E-state index contributed by atoms with van der Waals surface area (Å²) in [6, 6.07) is 2.99. The Labute approximate surface area is 94.3 Å². The van der Waals surface area contributed by atoms with Gasteiger partial charge in [0, 0.05) is 18.4 Å². The van der Waals surface area contributed by atoms with Crippen molar-refractivity contribution >= 4 is 30.8 Å². The summed E-state index contributed by atoms with van der Waals surface area (Å²) < 4.78 is 0. The Bertz CT molecular complexity index is 269. The normalized spacial score (nSPS) is 10.6. The van der Waals surface area contributed by atoms with E-state index < -0.39 is 12.0 Å². The van der Waals surface area contributed by atoms with Crippen molar-refractivity contribution in [2.75, 3.05) is 0 Å². The van der Waals surface area contributed by atoms with E-state index >= 15 is 0 Å². The molecule has 4 nitrogen and oxygen atoms in total. The maximum atomic E-state index is 10.3. The van der Waals surface area contributed by atoms with Crippen LogP contribution in [0.4, 0.5) is 0 Å². The van der Waals surface area contributed by atoms with Gasteiger partial charge in [-0.3, -0.25) is 9.78 Å². The molecule has 14 heavy (non-hydrogen) atoms. The molecule has 1 heterocycles. The Kier molecular flexibility index (Phi) is 8.43. The predicted molar refractivity (Wildman–Crippen MR) is 57.9 cm³/mol. The number of hydrogen-bond donors (Lipinski definition) is 2. The third-order valence-corrected chi connectivity index (χ3v) is 1.53. The monoisotopic (exact) mass is 238 g/mol. The quantitative estimate of drug-likeness (QED) is 0.835. The number of aliphatic carboxylic acids is 1. The van der Waals surface area contributed by atoms with E-state index in [2.05, 4.69) is 4.98 Å². The van der Waals surface area contributed by atoms with Crippen molar-refractivity contribution < 1.29 is 9.90 Å². The van der Waals surface area contributed by atoms with E-state index in [1.54, 1.807) is 24.5 Å². The van der Waals surface area contributed by atoms with Crippen molar-refractivity contribution in [3.05, 3.63) is 30.1 Å². The maximum absolute atomic E-state index is 10.3. The molecular formula is C8H12Cl2N2O2. The fourth-order valence-corrected chi connectivity index (χ4v) is 0.917. The third-order valence-electron chi connectivity index (χ3n) is 1.53. The molecule has 0 amide bonds. The van der Waals surface area contributed by atoms with E-state index in [4.69, 9.17) is 10.8 Å². The summed E-state index contributed by atoms with van der Waals surface area (Å²) in [4.78, 5) is 14.1. The highest BCUT2D eigenvalue weighted by molar-refractivity contribution is 5.85. The average Bonchev–Trinajstić information content (AvgIpc) is 2.05. The van der Waals surface area contributed by atoms with E-state index in [-0.39, 0.29) is 31.2 Å².